The second-order valence-corrected chi connectivity index (χ2v) is 6.93. The van der Waals surface area contributed by atoms with Crippen LogP contribution in [0.1, 0.15) is 30.9 Å². The zero-order valence-corrected chi connectivity index (χ0v) is 17.3. The van der Waals surface area contributed by atoms with Crippen molar-refractivity contribution < 1.29 is 9.47 Å². The number of methoxy groups -OCH3 is 2. The molecule has 0 bridgehead atoms. The van der Waals surface area contributed by atoms with Gasteiger partial charge >= 0.3 is 0 Å². The Labute approximate surface area is 171 Å². The molecule has 0 saturated heterocycles. The Balaban J connectivity index is 1.57. The maximum absolute atomic E-state index is 5.35. The van der Waals surface area contributed by atoms with Gasteiger partial charge < -0.3 is 20.1 Å². The van der Waals surface area contributed by atoms with Crippen molar-refractivity contribution in [2.75, 3.05) is 31.4 Å². The Morgan fingerprint density at radius 1 is 0.966 bits per heavy atom. The molecule has 0 aliphatic rings. The molecule has 0 radical (unpaired) electrons. The van der Waals surface area contributed by atoms with Crippen molar-refractivity contribution in [1.29, 1.82) is 0 Å². The molecule has 0 fully saturated rings. The first kappa shape index (κ1) is 20.4. The number of anilines is 3. The first-order valence-electron chi connectivity index (χ1n) is 9.60. The fraction of sp³-hybridized carbons (Fsp3) is 0.318. The molecule has 0 saturated carbocycles. The van der Waals surface area contributed by atoms with Crippen LogP contribution in [-0.4, -0.2) is 35.9 Å². The van der Waals surface area contributed by atoms with Crippen LogP contribution < -0.4 is 20.1 Å². The maximum Gasteiger partial charge on any atom is 0.249 e. The van der Waals surface area contributed by atoms with E-state index in [9.17, 15) is 0 Å². The molecule has 1 heterocycles. The second kappa shape index (κ2) is 9.73. The topological polar surface area (TPSA) is 81.2 Å². The van der Waals surface area contributed by atoms with Crippen molar-refractivity contribution in [3.63, 3.8) is 0 Å². The molecule has 7 heteroatoms. The lowest BCUT2D eigenvalue weighted by molar-refractivity contribution is 0.354. The lowest BCUT2D eigenvalue weighted by atomic mass is 10.0. The number of nitrogens with one attached hydrogen (secondary N) is 2. The monoisotopic (exact) mass is 393 g/mol. The van der Waals surface area contributed by atoms with Gasteiger partial charge in [-0.05, 0) is 47.7 Å². The van der Waals surface area contributed by atoms with Gasteiger partial charge in [-0.1, -0.05) is 32.0 Å². The fourth-order valence-corrected chi connectivity index (χ4v) is 2.89. The SMILES string of the molecule is COc1ccc(CCNc2cnnc(Nc3ccc(C(C)C)cc3)n2)cc1OC. The molecule has 29 heavy (non-hydrogen) atoms. The van der Waals surface area contributed by atoms with Crippen molar-refractivity contribution in [2.45, 2.75) is 26.2 Å². The average molecular weight is 393 g/mol. The largest absolute Gasteiger partial charge is 0.493 e. The van der Waals surface area contributed by atoms with Gasteiger partial charge in [-0.2, -0.15) is 10.1 Å². The van der Waals surface area contributed by atoms with Crippen LogP contribution in [0.5, 0.6) is 11.5 Å². The highest BCUT2D eigenvalue weighted by atomic mass is 16.5. The number of nitrogens with zero attached hydrogens (tertiary/aromatic N) is 3. The Bertz CT molecular complexity index is 929. The van der Waals surface area contributed by atoms with Gasteiger partial charge in [0.2, 0.25) is 5.95 Å². The van der Waals surface area contributed by atoms with E-state index in [1.54, 1.807) is 20.4 Å². The van der Waals surface area contributed by atoms with Crippen LogP contribution in [0.15, 0.2) is 48.7 Å². The summed E-state index contributed by atoms with van der Waals surface area (Å²) in [5.41, 5.74) is 3.36. The molecule has 0 aliphatic carbocycles. The number of hydrogen-bond donors (Lipinski definition) is 2. The summed E-state index contributed by atoms with van der Waals surface area (Å²) < 4.78 is 10.6. The normalized spacial score (nSPS) is 10.7. The summed E-state index contributed by atoms with van der Waals surface area (Å²) in [7, 11) is 3.27. The van der Waals surface area contributed by atoms with Crippen molar-refractivity contribution >= 4 is 17.5 Å². The van der Waals surface area contributed by atoms with Crippen LogP contribution in [0.3, 0.4) is 0 Å². The van der Waals surface area contributed by atoms with E-state index < -0.39 is 0 Å². The maximum atomic E-state index is 5.35. The van der Waals surface area contributed by atoms with Crippen LogP contribution >= 0.6 is 0 Å². The van der Waals surface area contributed by atoms with Gasteiger partial charge in [0, 0.05) is 12.2 Å². The third kappa shape index (κ3) is 5.57. The molecule has 3 rings (SSSR count). The van der Waals surface area contributed by atoms with Gasteiger partial charge in [0.1, 0.15) is 0 Å². The Morgan fingerprint density at radius 2 is 1.72 bits per heavy atom. The minimum Gasteiger partial charge on any atom is -0.493 e. The summed E-state index contributed by atoms with van der Waals surface area (Å²) >= 11 is 0. The molecular weight excluding hydrogens is 366 g/mol. The van der Waals surface area contributed by atoms with Crippen LogP contribution in [0.2, 0.25) is 0 Å². The number of rotatable bonds is 9. The predicted molar refractivity (Wildman–Crippen MR) is 115 cm³/mol. The molecule has 3 aromatic rings. The minimum atomic E-state index is 0.457. The second-order valence-electron chi connectivity index (χ2n) is 6.93. The van der Waals surface area contributed by atoms with Crippen molar-refractivity contribution in [3.8, 4) is 11.5 Å². The van der Waals surface area contributed by atoms with E-state index in [-0.39, 0.29) is 0 Å². The van der Waals surface area contributed by atoms with Crippen LogP contribution in [0.4, 0.5) is 17.5 Å². The van der Waals surface area contributed by atoms with E-state index in [0.717, 1.165) is 29.2 Å². The van der Waals surface area contributed by atoms with E-state index in [1.165, 1.54) is 5.56 Å². The zero-order chi connectivity index (χ0) is 20.6. The smallest absolute Gasteiger partial charge is 0.249 e. The number of aromatic nitrogens is 3. The molecule has 0 spiro atoms. The lowest BCUT2D eigenvalue weighted by Crippen LogP contribution is -2.09. The van der Waals surface area contributed by atoms with Crippen LogP contribution in [0.25, 0.3) is 0 Å². The quantitative estimate of drug-likeness (QED) is 0.557. The Morgan fingerprint density at radius 3 is 2.41 bits per heavy atom. The summed E-state index contributed by atoms with van der Waals surface area (Å²) in [6.07, 6.45) is 2.42. The standard InChI is InChI=1S/C22H27N5O2/c1-15(2)17-6-8-18(9-7-17)25-22-26-21(14-24-27-22)23-12-11-16-5-10-19(28-3)20(13-16)29-4/h5-10,13-15H,11-12H2,1-4H3,(H2,23,25,26,27). The molecular formula is C22H27N5O2. The van der Waals surface area contributed by atoms with E-state index in [1.807, 2.05) is 30.3 Å². The number of hydrogen-bond acceptors (Lipinski definition) is 7. The molecule has 0 aliphatic heterocycles. The van der Waals surface area contributed by atoms with Crippen molar-refractivity contribution in [2.24, 2.45) is 0 Å². The van der Waals surface area contributed by atoms with E-state index in [4.69, 9.17) is 9.47 Å². The summed E-state index contributed by atoms with van der Waals surface area (Å²) in [4.78, 5) is 4.48. The Hall–Kier alpha value is -3.35. The molecule has 0 amide bonds. The first-order valence-corrected chi connectivity index (χ1v) is 9.60. The highest BCUT2D eigenvalue weighted by Crippen LogP contribution is 2.27. The average Bonchev–Trinajstić information content (AvgIpc) is 2.74. The van der Waals surface area contributed by atoms with Crippen molar-refractivity contribution in [3.05, 3.63) is 59.8 Å². The summed E-state index contributed by atoms with van der Waals surface area (Å²) in [6, 6.07) is 14.2. The van der Waals surface area contributed by atoms with Gasteiger partial charge in [0.15, 0.2) is 17.3 Å². The molecule has 0 unspecified atom stereocenters. The van der Waals surface area contributed by atoms with Gasteiger partial charge in [-0.25, -0.2) is 0 Å². The molecule has 2 N–H and O–H groups in total. The number of ether oxygens (including phenoxy) is 2. The number of benzene rings is 2. The highest BCUT2D eigenvalue weighted by Gasteiger charge is 2.06. The van der Waals surface area contributed by atoms with Gasteiger partial charge in [-0.3, -0.25) is 0 Å². The predicted octanol–water partition coefficient (Wildman–Crippen LogP) is 4.41. The third-order valence-corrected chi connectivity index (χ3v) is 4.56. The van der Waals surface area contributed by atoms with Gasteiger partial charge in [0.05, 0.1) is 20.4 Å². The highest BCUT2D eigenvalue weighted by molar-refractivity contribution is 5.54. The molecule has 7 nitrogen and oxygen atoms in total. The summed E-state index contributed by atoms with van der Waals surface area (Å²) in [6.45, 7) is 5.05. The van der Waals surface area contributed by atoms with Crippen LogP contribution in [0, 0.1) is 0 Å². The molecule has 152 valence electrons. The van der Waals surface area contributed by atoms with E-state index >= 15 is 0 Å². The van der Waals surface area contributed by atoms with Gasteiger partial charge in [-0.15, -0.1) is 5.10 Å². The summed E-state index contributed by atoms with van der Waals surface area (Å²) in [5, 5.41) is 14.6. The fourth-order valence-electron chi connectivity index (χ4n) is 2.89. The van der Waals surface area contributed by atoms with Crippen molar-refractivity contribution in [1.82, 2.24) is 15.2 Å². The lowest BCUT2D eigenvalue weighted by Gasteiger charge is -2.11. The van der Waals surface area contributed by atoms with E-state index in [0.29, 0.717) is 24.2 Å². The summed E-state index contributed by atoms with van der Waals surface area (Å²) in [5.74, 6) is 3.07. The minimum absolute atomic E-state index is 0.457. The Kier molecular flexibility index (Phi) is 6.84. The van der Waals surface area contributed by atoms with Crippen LogP contribution in [-0.2, 0) is 6.42 Å². The molecule has 0 atom stereocenters. The van der Waals surface area contributed by atoms with E-state index in [2.05, 4.69) is 51.8 Å². The third-order valence-electron chi connectivity index (χ3n) is 4.56. The molecule has 2 aromatic carbocycles. The van der Waals surface area contributed by atoms with Gasteiger partial charge in [0.25, 0.3) is 0 Å². The first-order chi connectivity index (χ1) is 14.1. The zero-order valence-electron chi connectivity index (χ0n) is 17.3. The molecule has 1 aromatic heterocycles.